The highest BCUT2D eigenvalue weighted by Gasteiger charge is 2.46. The number of carbonyl (C=O) groups is 2. The number of aldehydes is 1. The molecule has 0 radical (unpaired) electrons. The van der Waals surface area contributed by atoms with Crippen molar-refractivity contribution < 1.29 is 23.8 Å². The monoisotopic (exact) mass is 786 g/mol. The van der Waals surface area contributed by atoms with Gasteiger partial charge in [0.25, 0.3) is 0 Å². The summed E-state index contributed by atoms with van der Waals surface area (Å²) in [6.45, 7) is 21.9. The van der Waals surface area contributed by atoms with Crippen molar-refractivity contribution in [3.63, 3.8) is 0 Å². The molecule has 2 aliphatic heterocycles. The maximum Gasteiger partial charge on any atom is 0.410 e. The molecule has 3 aromatic rings. The first-order valence-corrected chi connectivity index (χ1v) is 26.1. The summed E-state index contributed by atoms with van der Waals surface area (Å²) in [6.07, 6.45) is 7.48. The van der Waals surface area contributed by atoms with Crippen LogP contribution in [0, 0.1) is 0 Å². The molecule has 274 valence electrons. The van der Waals surface area contributed by atoms with E-state index in [1.54, 1.807) is 12.3 Å². The number of hydrogen-bond donors (Lipinski definition) is 0. The van der Waals surface area contributed by atoms with Gasteiger partial charge >= 0.3 is 6.09 Å². The largest absolute Gasteiger partial charge is 0.444 e. The summed E-state index contributed by atoms with van der Waals surface area (Å²) in [5.74, 6) is 0.918. The van der Waals surface area contributed by atoms with Crippen molar-refractivity contribution in [2.45, 2.75) is 121 Å². The van der Waals surface area contributed by atoms with E-state index in [9.17, 15) is 9.59 Å². The fraction of sp³-hybridized carbons (Fsp3) is 0.639. The van der Waals surface area contributed by atoms with Crippen LogP contribution in [0.15, 0.2) is 29.0 Å². The zero-order chi connectivity index (χ0) is 36.4. The zero-order valence-electron chi connectivity index (χ0n) is 31.3. The van der Waals surface area contributed by atoms with E-state index in [-0.39, 0.29) is 24.1 Å². The first-order chi connectivity index (χ1) is 23.4. The van der Waals surface area contributed by atoms with Crippen LogP contribution < -0.4 is 4.90 Å². The van der Waals surface area contributed by atoms with Gasteiger partial charge < -0.3 is 24.0 Å². The number of ether oxygens (including phenoxy) is 3. The van der Waals surface area contributed by atoms with Crippen LogP contribution in [0.25, 0.3) is 16.8 Å². The molecule has 0 N–H and O–H groups in total. The Morgan fingerprint density at radius 3 is 2.08 bits per heavy atom. The number of carbonyl (C=O) groups excluding carboxylic acids is 2. The maximum atomic E-state index is 13.3. The third-order valence-electron chi connectivity index (χ3n) is 9.32. The van der Waals surface area contributed by atoms with E-state index in [4.69, 9.17) is 24.3 Å². The lowest BCUT2D eigenvalue weighted by atomic mass is 9.88. The lowest BCUT2D eigenvalue weighted by Gasteiger charge is -2.39. The number of nitrogens with zero attached hydrogens (tertiary/aromatic N) is 6. The van der Waals surface area contributed by atoms with Gasteiger partial charge in [-0.2, -0.15) is 9.61 Å². The number of hydrogen-bond acceptors (Lipinski definition) is 9. The van der Waals surface area contributed by atoms with Gasteiger partial charge in [0.1, 0.15) is 24.8 Å². The van der Waals surface area contributed by atoms with E-state index in [1.807, 2.05) is 42.4 Å². The van der Waals surface area contributed by atoms with Crippen molar-refractivity contribution in [1.82, 2.24) is 24.5 Å². The third-order valence-corrected chi connectivity index (χ3v) is 13.5. The standard InChI is InChI=1S/C36H55BrN6O5Si2/c1-36(2,3)48-35(45)42-28-12-13-29(42)19-26(18-28)32-31(37)34(41(23-46-14-16-49(4,5)6)24-47-15-17-50(7,8)9)43-33(40-32)30(21-39-43)25-10-11-27(22-44)38-20-25/h10-11,20-22,26,28-29H,12-19,23-24H2,1-9H3/t26?,28-,29?/m1/s1. The SMILES string of the molecule is CC(C)(C)OC(=O)N1C2CC[C@@H]1CC(c1nc3c(-c4ccc(C=O)nc4)cnn3c(N(COCC[Si](C)(C)C)COCC[Si](C)(C)C)c1Br)C2. The van der Waals surface area contributed by atoms with Gasteiger partial charge in [-0.25, -0.2) is 9.78 Å². The first kappa shape index (κ1) is 38.6. The summed E-state index contributed by atoms with van der Waals surface area (Å²) in [6, 6.07) is 5.87. The molecule has 1 amide bonds. The number of amides is 1. The summed E-state index contributed by atoms with van der Waals surface area (Å²) in [4.78, 5) is 38.4. The van der Waals surface area contributed by atoms with E-state index < -0.39 is 21.7 Å². The average Bonchev–Trinajstić information content (AvgIpc) is 3.56. The van der Waals surface area contributed by atoms with Crippen LogP contribution in [0.1, 0.15) is 68.6 Å². The molecule has 0 saturated carbocycles. The Hall–Kier alpha value is -2.66. The molecule has 5 heterocycles. The summed E-state index contributed by atoms with van der Waals surface area (Å²) in [7, 11) is -2.59. The molecule has 2 fully saturated rings. The molecule has 5 rings (SSSR count). The summed E-state index contributed by atoms with van der Waals surface area (Å²) in [5, 5.41) is 4.87. The molecule has 2 saturated heterocycles. The van der Waals surface area contributed by atoms with Crippen molar-refractivity contribution in [3.8, 4) is 11.1 Å². The van der Waals surface area contributed by atoms with Gasteiger partial charge in [0.2, 0.25) is 0 Å². The molecule has 0 spiro atoms. The van der Waals surface area contributed by atoms with Crippen molar-refractivity contribution in [3.05, 3.63) is 40.4 Å². The second-order valence-electron chi connectivity index (χ2n) is 17.2. The minimum absolute atomic E-state index is 0.0809. The number of anilines is 1. The molecule has 2 aliphatic rings. The van der Waals surface area contributed by atoms with Crippen LogP contribution in [-0.2, 0) is 14.2 Å². The number of aromatic nitrogens is 4. The lowest BCUT2D eigenvalue weighted by molar-refractivity contribution is 0.00565. The molecule has 11 nitrogen and oxygen atoms in total. The minimum atomic E-state index is -1.29. The van der Waals surface area contributed by atoms with Crippen LogP contribution in [0.4, 0.5) is 10.6 Å². The van der Waals surface area contributed by atoms with Gasteiger partial charge in [0.15, 0.2) is 17.8 Å². The fourth-order valence-corrected chi connectivity index (χ4v) is 8.98. The summed E-state index contributed by atoms with van der Waals surface area (Å²) < 4.78 is 21.3. The maximum absolute atomic E-state index is 13.3. The number of pyridine rings is 1. The zero-order valence-corrected chi connectivity index (χ0v) is 34.9. The Bertz CT molecular complexity index is 1610. The quantitative estimate of drug-likeness (QED) is 0.0688. The molecular weight excluding hydrogens is 733 g/mol. The van der Waals surface area contributed by atoms with Gasteiger partial charge in [0.05, 0.1) is 16.4 Å². The predicted octanol–water partition coefficient (Wildman–Crippen LogP) is 8.44. The third kappa shape index (κ3) is 9.61. The topological polar surface area (TPSA) is 111 Å². The highest BCUT2D eigenvalue weighted by atomic mass is 79.9. The molecule has 0 aromatic carbocycles. The van der Waals surface area contributed by atoms with E-state index in [0.717, 1.165) is 71.2 Å². The van der Waals surface area contributed by atoms with E-state index in [2.05, 4.69) is 65.1 Å². The number of rotatable bonds is 14. The van der Waals surface area contributed by atoms with E-state index >= 15 is 0 Å². The number of fused-ring (bicyclic) bond motifs is 3. The first-order valence-electron chi connectivity index (χ1n) is 17.8. The van der Waals surface area contributed by atoms with E-state index in [0.29, 0.717) is 38.0 Å². The van der Waals surface area contributed by atoms with Gasteiger partial charge in [-0.1, -0.05) is 45.3 Å². The van der Waals surface area contributed by atoms with Gasteiger partial charge in [-0.3, -0.25) is 9.78 Å². The number of halogens is 1. The van der Waals surface area contributed by atoms with Gasteiger partial charge in [-0.05, 0) is 80.5 Å². The molecule has 3 aromatic heterocycles. The molecular formula is C36H55BrN6O5Si2. The molecule has 14 heteroatoms. The Labute approximate surface area is 307 Å². The Balaban J connectivity index is 1.55. The summed E-state index contributed by atoms with van der Waals surface area (Å²) in [5.41, 5.74) is 3.08. The van der Waals surface area contributed by atoms with Crippen LogP contribution in [0.2, 0.25) is 51.4 Å². The fourth-order valence-electron chi connectivity index (χ4n) is 6.64. The van der Waals surface area contributed by atoms with Crippen molar-refractivity contribution in [2.75, 3.05) is 31.6 Å². The van der Waals surface area contributed by atoms with Gasteiger partial charge in [0, 0.05) is 64.7 Å². The van der Waals surface area contributed by atoms with E-state index in [1.165, 1.54) is 0 Å². The molecule has 2 bridgehead atoms. The predicted molar refractivity (Wildman–Crippen MR) is 207 cm³/mol. The Morgan fingerprint density at radius 1 is 0.980 bits per heavy atom. The molecule has 50 heavy (non-hydrogen) atoms. The Kier molecular flexibility index (Phi) is 12.0. The van der Waals surface area contributed by atoms with Crippen LogP contribution in [0.3, 0.4) is 0 Å². The highest BCUT2D eigenvalue weighted by molar-refractivity contribution is 9.10. The molecule has 3 atom stereocenters. The van der Waals surface area contributed by atoms with Crippen molar-refractivity contribution in [2.24, 2.45) is 0 Å². The van der Waals surface area contributed by atoms with Crippen molar-refractivity contribution >= 4 is 55.9 Å². The van der Waals surface area contributed by atoms with Gasteiger partial charge in [-0.15, -0.1) is 0 Å². The Morgan fingerprint density at radius 2 is 1.58 bits per heavy atom. The molecule has 0 aliphatic carbocycles. The average molecular weight is 788 g/mol. The second kappa shape index (κ2) is 15.5. The highest BCUT2D eigenvalue weighted by Crippen LogP contribution is 2.47. The van der Waals surface area contributed by atoms with Crippen LogP contribution in [-0.4, -0.2) is 97.4 Å². The van der Waals surface area contributed by atoms with Crippen LogP contribution >= 0.6 is 15.9 Å². The second-order valence-corrected chi connectivity index (χ2v) is 29.2. The number of piperidine rings is 1. The normalized spacial score (nSPS) is 19.6. The van der Waals surface area contributed by atoms with Crippen LogP contribution in [0.5, 0.6) is 0 Å². The smallest absolute Gasteiger partial charge is 0.410 e. The van der Waals surface area contributed by atoms with Crippen molar-refractivity contribution in [1.29, 1.82) is 0 Å². The molecule has 2 unspecified atom stereocenters. The summed E-state index contributed by atoms with van der Waals surface area (Å²) >= 11 is 4.03. The lowest BCUT2D eigenvalue weighted by Crippen LogP contribution is -2.48. The minimum Gasteiger partial charge on any atom is -0.444 e.